The first-order chi connectivity index (χ1) is 8.15. The van der Waals surface area contributed by atoms with Crippen molar-refractivity contribution >= 4 is 5.91 Å². The fourth-order valence-corrected chi connectivity index (χ4v) is 1.63. The molecule has 0 aliphatic rings. The van der Waals surface area contributed by atoms with Gasteiger partial charge in [-0.25, -0.2) is 0 Å². The van der Waals surface area contributed by atoms with Gasteiger partial charge in [-0.2, -0.15) is 0 Å². The van der Waals surface area contributed by atoms with Gasteiger partial charge in [-0.3, -0.25) is 4.79 Å². The number of carbonyl (C=O) groups is 1. The van der Waals surface area contributed by atoms with E-state index in [4.69, 9.17) is 4.74 Å². The normalized spacial score (nSPS) is 15.6. The molecule has 1 amide bonds. The summed E-state index contributed by atoms with van der Waals surface area (Å²) in [4.78, 5) is 13.3. The van der Waals surface area contributed by atoms with Gasteiger partial charge in [-0.1, -0.05) is 6.92 Å². The largest absolute Gasteiger partial charge is 0.389 e. The maximum atomic E-state index is 11.4. The Labute approximate surface area is 110 Å². The lowest BCUT2D eigenvalue weighted by atomic mass is 10.1. The summed E-state index contributed by atoms with van der Waals surface area (Å²) in [5.41, 5.74) is -0.241. The Kier molecular flexibility index (Phi) is 7.43. The number of likely N-dealkylation sites (N-methyl/N-ethyl adjacent to an activating group) is 1. The third-order valence-corrected chi connectivity index (χ3v) is 2.51. The molecule has 0 radical (unpaired) electrons. The van der Waals surface area contributed by atoms with Crippen molar-refractivity contribution in [3.05, 3.63) is 0 Å². The molecule has 0 fully saturated rings. The highest BCUT2D eigenvalue weighted by atomic mass is 16.5. The summed E-state index contributed by atoms with van der Waals surface area (Å²) in [6.07, 6.45) is -0.536. The lowest BCUT2D eigenvalue weighted by Crippen LogP contribution is -2.39. The molecule has 0 aliphatic heterocycles. The van der Waals surface area contributed by atoms with Gasteiger partial charge in [0, 0.05) is 26.1 Å². The van der Waals surface area contributed by atoms with E-state index in [2.05, 4.69) is 5.32 Å². The molecular weight excluding hydrogens is 232 g/mol. The molecule has 108 valence electrons. The minimum atomic E-state index is -0.536. The highest BCUT2D eigenvalue weighted by Gasteiger charge is 2.18. The Morgan fingerprint density at radius 2 is 1.94 bits per heavy atom. The molecule has 5 nitrogen and oxygen atoms in total. The van der Waals surface area contributed by atoms with Crippen LogP contribution in [0.25, 0.3) is 0 Å². The maximum absolute atomic E-state index is 11.4. The molecule has 0 heterocycles. The van der Waals surface area contributed by atoms with Crippen LogP contribution < -0.4 is 5.32 Å². The van der Waals surface area contributed by atoms with Gasteiger partial charge in [-0.05, 0) is 27.8 Å². The first-order valence-corrected chi connectivity index (χ1v) is 6.38. The van der Waals surface area contributed by atoms with Crippen molar-refractivity contribution in [1.82, 2.24) is 10.2 Å². The van der Waals surface area contributed by atoms with Crippen LogP contribution in [-0.2, 0) is 9.53 Å². The SMILES string of the molecule is CNC(=O)C(C)CN(C)CC(O)COC(C)(C)C. The van der Waals surface area contributed by atoms with Crippen LogP contribution in [0, 0.1) is 5.92 Å². The summed E-state index contributed by atoms with van der Waals surface area (Å²) < 4.78 is 5.51. The number of amides is 1. The van der Waals surface area contributed by atoms with Crippen molar-refractivity contribution in [1.29, 1.82) is 0 Å². The Morgan fingerprint density at radius 1 is 1.39 bits per heavy atom. The monoisotopic (exact) mass is 260 g/mol. The van der Waals surface area contributed by atoms with Gasteiger partial charge in [0.1, 0.15) is 0 Å². The van der Waals surface area contributed by atoms with Crippen molar-refractivity contribution in [3.8, 4) is 0 Å². The van der Waals surface area contributed by atoms with E-state index in [9.17, 15) is 9.90 Å². The summed E-state index contributed by atoms with van der Waals surface area (Å²) in [5, 5.41) is 12.4. The molecule has 0 bridgehead atoms. The lowest BCUT2D eigenvalue weighted by Gasteiger charge is -2.26. The Bertz CT molecular complexity index is 251. The fraction of sp³-hybridized carbons (Fsp3) is 0.923. The summed E-state index contributed by atoms with van der Waals surface area (Å²) >= 11 is 0. The molecule has 2 unspecified atom stereocenters. The highest BCUT2D eigenvalue weighted by Crippen LogP contribution is 2.07. The summed E-state index contributed by atoms with van der Waals surface area (Å²) in [7, 11) is 3.52. The molecule has 0 rings (SSSR count). The topological polar surface area (TPSA) is 61.8 Å². The van der Waals surface area contributed by atoms with Crippen LogP contribution >= 0.6 is 0 Å². The highest BCUT2D eigenvalue weighted by molar-refractivity contribution is 5.78. The number of hydrogen-bond donors (Lipinski definition) is 2. The zero-order valence-corrected chi connectivity index (χ0v) is 12.5. The summed E-state index contributed by atoms with van der Waals surface area (Å²) in [6.45, 7) is 9.16. The Balaban J connectivity index is 3.93. The number of hydrogen-bond acceptors (Lipinski definition) is 4. The van der Waals surface area contributed by atoms with Crippen LogP contribution in [0.1, 0.15) is 27.7 Å². The minimum absolute atomic E-state index is 0.0160. The number of ether oxygens (including phenoxy) is 1. The first kappa shape index (κ1) is 17.4. The van der Waals surface area contributed by atoms with E-state index in [1.165, 1.54) is 0 Å². The number of aliphatic hydroxyl groups excluding tert-OH is 1. The molecule has 0 aliphatic carbocycles. The van der Waals surface area contributed by atoms with E-state index in [-0.39, 0.29) is 17.4 Å². The van der Waals surface area contributed by atoms with E-state index in [1.807, 2.05) is 39.6 Å². The molecular formula is C13H28N2O3. The van der Waals surface area contributed by atoms with E-state index in [0.717, 1.165) is 0 Å². The van der Waals surface area contributed by atoms with Crippen LogP contribution in [0.4, 0.5) is 0 Å². The molecule has 0 saturated carbocycles. The predicted octanol–water partition coefficient (Wildman–Crippen LogP) is 0.476. The van der Waals surface area contributed by atoms with E-state index < -0.39 is 6.10 Å². The molecule has 0 aromatic heterocycles. The number of rotatable bonds is 7. The quantitative estimate of drug-likeness (QED) is 0.699. The molecule has 0 aromatic rings. The van der Waals surface area contributed by atoms with Crippen molar-refractivity contribution in [2.75, 3.05) is 33.8 Å². The third-order valence-electron chi connectivity index (χ3n) is 2.51. The molecule has 0 saturated heterocycles. The average Bonchev–Trinajstić information content (AvgIpc) is 2.24. The molecule has 2 N–H and O–H groups in total. The zero-order valence-electron chi connectivity index (χ0n) is 12.5. The van der Waals surface area contributed by atoms with Crippen molar-refractivity contribution in [2.24, 2.45) is 5.92 Å². The Morgan fingerprint density at radius 3 is 2.39 bits per heavy atom. The molecule has 0 aromatic carbocycles. The van der Waals surface area contributed by atoms with Crippen LogP contribution in [0.2, 0.25) is 0 Å². The number of carbonyl (C=O) groups excluding carboxylic acids is 1. The second-order valence-corrected chi connectivity index (χ2v) is 5.81. The molecule has 18 heavy (non-hydrogen) atoms. The summed E-state index contributed by atoms with van der Waals surface area (Å²) in [5.74, 6) is -0.0713. The van der Waals surface area contributed by atoms with Gasteiger partial charge >= 0.3 is 0 Å². The maximum Gasteiger partial charge on any atom is 0.223 e. The minimum Gasteiger partial charge on any atom is -0.389 e. The van der Waals surface area contributed by atoms with Crippen LogP contribution in [-0.4, -0.2) is 61.4 Å². The third kappa shape index (κ3) is 8.44. The number of nitrogens with one attached hydrogen (secondary N) is 1. The fourth-order valence-electron chi connectivity index (χ4n) is 1.63. The van der Waals surface area contributed by atoms with Gasteiger partial charge in [0.2, 0.25) is 5.91 Å². The predicted molar refractivity (Wildman–Crippen MR) is 72.4 cm³/mol. The molecule has 5 heteroatoms. The van der Waals surface area contributed by atoms with Crippen molar-refractivity contribution < 1.29 is 14.6 Å². The number of nitrogens with zero attached hydrogens (tertiary/aromatic N) is 1. The van der Waals surface area contributed by atoms with Crippen LogP contribution in [0.5, 0.6) is 0 Å². The average molecular weight is 260 g/mol. The molecule has 2 atom stereocenters. The van der Waals surface area contributed by atoms with Crippen LogP contribution in [0.3, 0.4) is 0 Å². The van der Waals surface area contributed by atoms with E-state index in [1.54, 1.807) is 7.05 Å². The lowest BCUT2D eigenvalue weighted by molar-refractivity contribution is -0.124. The molecule has 0 spiro atoms. The van der Waals surface area contributed by atoms with Crippen LogP contribution in [0.15, 0.2) is 0 Å². The Hall–Kier alpha value is -0.650. The smallest absolute Gasteiger partial charge is 0.223 e. The van der Waals surface area contributed by atoms with Gasteiger partial charge in [0.05, 0.1) is 18.3 Å². The summed E-state index contributed by atoms with van der Waals surface area (Å²) in [6, 6.07) is 0. The second kappa shape index (κ2) is 7.71. The van der Waals surface area contributed by atoms with Crippen molar-refractivity contribution in [2.45, 2.75) is 39.4 Å². The second-order valence-electron chi connectivity index (χ2n) is 5.81. The standard InChI is InChI=1S/C13H28N2O3/c1-10(12(17)14-5)7-15(6)8-11(16)9-18-13(2,3)4/h10-11,16H,7-9H2,1-6H3,(H,14,17). The zero-order chi connectivity index (χ0) is 14.3. The van der Waals surface area contributed by atoms with Gasteiger partial charge in [-0.15, -0.1) is 0 Å². The van der Waals surface area contributed by atoms with Crippen molar-refractivity contribution in [3.63, 3.8) is 0 Å². The van der Waals surface area contributed by atoms with Gasteiger partial charge < -0.3 is 20.1 Å². The first-order valence-electron chi connectivity index (χ1n) is 6.38. The van der Waals surface area contributed by atoms with E-state index in [0.29, 0.717) is 19.7 Å². The number of aliphatic hydroxyl groups is 1. The van der Waals surface area contributed by atoms with Gasteiger partial charge in [0.15, 0.2) is 0 Å². The van der Waals surface area contributed by atoms with Gasteiger partial charge in [0.25, 0.3) is 0 Å². The van der Waals surface area contributed by atoms with E-state index >= 15 is 0 Å².